The van der Waals surface area contributed by atoms with Gasteiger partial charge in [-0.3, -0.25) is 9.59 Å². The van der Waals surface area contributed by atoms with Crippen LogP contribution in [0.5, 0.6) is 0 Å². The zero-order valence-electron chi connectivity index (χ0n) is 26.5. The molecule has 2 N–H and O–H groups in total. The first-order valence-corrected chi connectivity index (χ1v) is 15.9. The molecule has 234 valence electrons. The summed E-state index contributed by atoms with van der Waals surface area (Å²) in [7, 11) is 2.07. The average Bonchev–Trinajstić information content (AvgIpc) is 3.54. The topological polar surface area (TPSA) is 108 Å². The van der Waals surface area contributed by atoms with Gasteiger partial charge in [0.05, 0.1) is 0 Å². The molecule has 10 heteroatoms. The molecule has 2 aromatic heterocycles. The van der Waals surface area contributed by atoms with Gasteiger partial charge in [-0.05, 0) is 85.8 Å². The van der Waals surface area contributed by atoms with Crippen LogP contribution < -0.4 is 10.6 Å². The van der Waals surface area contributed by atoms with Gasteiger partial charge in [-0.25, -0.2) is 14.5 Å². The number of hydrogen-bond donors (Lipinski definition) is 2. The molecule has 1 aliphatic heterocycles. The maximum absolute atomic E-state index is 13.2. The van der Waals surface area contributed by atoms with Crippen molar-refractivity contribution < 1.29 is 9.59 Å². The van der Waals surface area contributed by atoms with Gasteiger partial charge in [0.15, 0.2) is 17.3 Å². The van der Waals surface area contributed by atoms with Crippen molar-refractivity contribution in [2.24, 2.45) is 0 Å². The van der Waals surface area contributed by atoms with Crippen molar-refractivity contribution in [3.8, 4) is 11.4 Å². The van der Waals surface area contributed by atoms with Crippen LogP contribution >= 0.6 is 0 Å². The second-order valence-electron chi connectivity index (χ2n) is 12.7. The molecule has 2 aliphatic rings. The van der Waals surface area contributed by atoms with Crippen LogP contribution in [-0.2, 0) is 5.41 Å². The lowest BCUT2D eigenvalue weighted by molar-refractivity contribution is 0.0664. The van der Waals surface area contributed by atoms with Crippen LogP contribution in [0.15, 0.2) is 79.1 Å². The molecule has 2 fully saturated rings. The van der Waals surface area contributed by atoms with Gasteiger partial charge in [-0.2, -0.15) is 0 Å². The number of anilines is 3. The molecular weight excluding hydrogens is 576 g/mol. The SMILES string of the molecule is Cc1c(NC(=O)c2ccc(C3(C)CCC3)cc2)cccc1-c1nc(Nc2ccc(C(=O)N3CCN(C)CC3)cc2)c2nccn2n1. The van der Waals surface area contributed by atoms with E-state index in [9.17, 15) is 9.59 Å². The summed E-state index contributed by atoms with van der Waals surface area (Å²) in [4.78, 5) is 39.7. The number of nitrogens with zero attached hydrogens (tertiary/aromatic N) is 6. The highest BCUT2D eigenvalue weighted by Gasteiger charge is 2.33. The minimum Gasteiger partial charge on any atom is -0.337 e. The molecule has 46 heavy (non-hydrogen) atoms. The van der Waals surface area contributed by atoms with Crippen molar-refractivity contribution in [3.05, 3.63) is 101 Å². The van der Waals surface area contributed by atoms with Gasteiger partial charge < -0.3 is 20.4 Å². The van der Waals surface area contributed by atoms with Gasteiger partial charge in [-0.15, -0.1) is 5.10 Å². The third-order valence-corrected chi connectivity index (χ3v) is 9.56. The summed E-state index contributed by atoms with van der Waals surface area (Å²) in [5, 5.41) is 11.2. The quantitative estimate of drug-likeness (QED) is 0.234. The zero-order valence-corrected chi connectivity index (χ0v) is 26.5. The highest BCUT2D eigenvalue weighted by molar-refractivity contribution is 6.05. The first kappa shape index (κ1) is 29.6. The normalized spacial score (nSPS) is 16.2. The summed E-state index contributed by atoms with van der Waals surface area (Å²) in [5.74, 6) is 0.902. The van der Waals surface area contributed by atoms with Gasteiger partial charge >= 0.3 is 0 Å². The fourth-order valence-electron chi connectivity index (χ4n) is 6.28. The van der Waals surface area contributed by atoms with Crippen LogP contribution in [0.4, 0.5) is 17.2 Å². The molecule has 3 heterocycles. The summed E-state index contributed by atoms with van der Waals surface area (Å²) in [6, 6.07) is 21.2. The van der Waals surface area contributed by atoms with E-state index in [2.05, 4.69) is 46.6 Å². The molecule has 7 rings (SSSR count). The van der Waals surface area contributed by atoms with Crippen LogP contribution in [-0.4, -0.2) is 74.4 Å². The average molecular weight is 615 g/mol. The Hall–Kier alpha value is -5.09. The van der Waals surface area contributed by atoms with E-state index < -0.39 is 0 Å². The molecule has 1 aliphatic carbocycles. The summed E-state index contributed by atoms with van der Waals surface area (Å²) in [6.45, 7) is 7.46. The van der Waals surface area contributed by atoms with Crippen molar-refractivity contribution in [1.82, 2.24) is 29.4 Å². The Morgan fingerprint density at radius 1 is 0.891 bits per heavy atom. The Morgan fingerprint density at radius 3 is 2.30 bits per heavy atom. The number of hydrogen-bond acceptors (Lipinski definition) is 7. The summed E-state index contributed by atoms with van der Waals surface area (Å²) < 4.78 is 1.69. The van der Waals surface area contributed by atoms with Gasteiger partial charge in [0.2, 0.25) is 0 Å². The monoisotopic (exact) mass is 614 g/mol. The van der Waals surface area contributed by atoms with E-state index in [0.29, 0.717) is 34.1 Å². The number of nitrogens with one attached hydrogen (secondary N) is 2. The minimum absolute atomic E-state index is 0.0436. The number of aromatic nitrogens is 4. The van der Waals surface area contributed by atoms with Crippen LogP contribution in [0.25, 0.3) is 17.0 Å². The standard InChI is InChI=1S/C36H38N8O2/c1-24-29(6-4-7-30(24)39-34(45)25-8-12-27(13-9-25)36(2)16-5-17-36)31-40-32(33-37-18-19-44(33)41-31)38-28-14-10-26(11-15-28)35(46)43-22-20-42(3)21-23-43/h4,6-15,18-19H,5,16-17,20-23H2,1-3H3,(H,39,45)(H,38,40,41). The van der Waals surface area contributed by atoms with Gasteiger partial charge in [0.1, 0.15) is 0 Å². The van der Waals surface area contributed by atoms with Crippen molar-refractivity contribution in [2.75, 3.05) is 43.9 Å². The summed E-state index contributed by atoms with van der Waals surface area (Å²) in [6.07, 6.45) is 7.10. The van der Waals surface area contributed by atoms with E-state index >= 15 is 0 Å². The Balaban J connectivity index is 1.10. The third kappa shape index (κ3) is 5.72. The predicted molar refractivity (Wildman–Crippen MR) is 180 cm³/mol. The maximum atomic E-state index is 13.2. The van der Waals surface area contributed by atoms with E-state index in [1.807, 2.05) is 66.4 Å². The molecule has 1 saturated heterocycles. The van der Waals surface area contributed by atoms with Crippen molar-refractivity contribution in [1.29, 1.82) is 0 Å². The summed E-state index contributed by atoms with van der Waals surface area (Å²) >= 11 is 0. The lowest BCUT2D eigenvalue weighted by atomic mass is 9.66. The van der Waals surface area contributed by atoms with Crippen LogP contribution in [0.1, 0.15) is 58.0 Å². The molecule has 5 aromatic rings. The van der Waals surface area contributed by atoms with Gasteiger partial charge in [0, 0.05) is 66.6 Å². The zero-order chi connectivity index (χ0) is 31.8. The molecule has 10 nitrogen and oxygen atoms in total. The van der Waals surface area contributed by atoms with E-state index in [4.69, 9.17) is 10.1 Å². The largest absolute Gasteiger partial charge is 0.337 e. The second kappa shape index (κ2) is 12.0. The Morgan fingerprint density at radius 2 is 1.61 bits per heavy atom. The third-order valence-electron chi connectivity index (χ3n) is 9.56. The molecular formula is C36H38N8O2. The first-order valence-electron chi connectivity index (χ1n) is 15.9. The second-order valence-corrected chi connectivity index (χ2v) is 12.7. The van der Waals surface area contributed by atoms with Crippen molar-refractivity contribution >= 4 is 34.7 Å². The lowest BCUT2D eigenvalue weighted by Gasteiger charge is -2.39. The van der Waals surface area contributed by atoms with Crippen LogP contribution in [0, 0.1) is 6.92 Å². The first-order chi connectivity index (χ1) is 22.3. The number of rotatable bonds is 7. The number of piperazine rings is 1. The summed E-state index contributed by atoms with van der Waals surface area (Å²) in [5.41, 5.74) is 6.49. The number of benzene rings is 3. The number of imidazole rings is 1. The molecule has 0 radical (unpaired) electrons. The van der Waals surface area contributed by atoms with Gasteiger partial charge in [-0.1, -0.05) is 37.6 Å². The van der Waals surface area contributed by atoms with Crippen molar-refractivity contribution in [3.63, 3.8) is 0 Å². The Kier molecular flexibility index (Phi) is 7.74. The lowest BCUT2D eigenvalue weighted by Crippen LogP contribution is -2.47. The fourth-order valence-corrected chi connectivity index (χ4v) is 6.28. The molecule has 0 bridgehead atoms. The number of carbonyl (C=O) groups is 2. The van der Waals surface area contributed by atoms with Crippen LogP contribution in [0.3, 0.4) is 0 Å². The van der Waals surface area contributed by atoms with E-state index in [0.717, 1.165) is 43.0 Å². The van der Waals surface area contributed by atoms with Gasteiger partial charge in [0.25, 0.3) is 11.8 Å². The predicted octanol–water partition coefficient (Wildman–Crippen LogP) is 5.92. The highest BCUT2D eigenvalue weighted by atomic mass is 16.2. The number of amides is 2. The van der Waals surface area contributed by atoms with Crippen molar-refractivity contribution in [2.45, 2.75) is 38.5 Å². The Bertz CT molecular complexity index is 1900. The smallest absolute Gasteiger partial charge is 0.255 e. The molecule has 0 atom stereocenters. The number of likely N-dealkylation sites (N-methyl/N-ethyl adjacent to an activating group) is 1. The fraction of sp³-hybridized carbons (Fsp3) is 0.306. The highest BCUT2D eigenvalue weighted by Crippen LogP contribution is 2.43. The molecule has 3 aromatic carbocycles. The van der Waals surface area contributed by atoms with Crippen LogP contribution in [0.2, 0.25) is 0 Å². The number of fused-ring (bicyclic) bond motifs is 1. The number of carbonyl (C=O) groups excluding carboxylic acids is 2. The molecule has 1 saturated carbocycles. The van der Waals surface area contributed by atoms with E-state index in [1.165, 1.54) is 24.8 Å². The maximum Gasteiger partial charge on any atom is 0.255 e. The molecule has 0 spiro atoms. The van der Waals surface area contributed by atoms with E-state index in [1.54, 1.807) is 16.9 Å². The molecule has 0 unspecified atom stereocenters. The Labute approximate surface area is 268 Å². The minimum atomic E-state index is -0.159. The van der Waals surface area contributed by atoms with E-state index in [-0.39, 0.29) is 17.2 Å². The molecule has 2 amide bonds.